The lowest BCUT2D eigenvalue weighted by Crippen LogP contribution is -2.59. The van der Waals surface area contributed by atoms with E-state index in [0.717, 1.165) is 25.7 Å². The first-order chi connectivity index (χ1) is 9.67. The second-order valence-corrected chi connectivity index (χ2v) is 6.73. The van der Waals surface area contributed by atoms with E-state index in [2.05, 4.69) is 6.92 Å². The van der Waals surface area contributed by atoms with Gasteiger partial charge in [-0.05, 0) is 32.1 Å². The molecule has 0 aromatic carbocycles. The third-order valence-corrected chi connectivity index (χ3v) is 5.37. The van der Waals surface area contributed by atoms with Crippen LogP contribution in [0.1, 0.15) is 64.7 Å². The van der Waals surface area contributed by atoms with E-state index in [1.807, 2.05) is 0 Å². The number of unbranched alkanes of at least 4 members (excludes halogenated alkanes) is 3. The summed E-state index contributed by atoms with van der Waals surface area (Å²) in [5.41, 5.74) is 0. The number of rotatable bonds is 5. The summed E-state index contributed by atoms with van der Waals surface area (Å²) in [5, 5.41) is 20.6. The standard InChI is InChI=1S/C16H28O4/c1-2-3-4-5-6-13-14-9-7-11-12(17)8-10-15(18)16(11,19-13)20-14/h11-15,17-18H,2-10H2,1H3/t11-,12-,13+,14?,15+,16+/m1/s1. The van der Waals surface area contributed by atoms with Gasteiger partial charge in [0.25, 0.3) is 0 Å². The van der Waals surface area contributed by atoms with Gasteiger partial charge in [-0.2, -0.15) is 0 Å². The third-order valence-electron chi connectivity index (χ3n) is 5.37. The van der Waals surface area contributed by atoms with Gasteiger partial charge in [0.05, 0.1) is 18.3 Å². The maximum atomic E-state index is 10.4. The summed E-state index contributed by atoms with van der Waals surface area (Å²) < 4.78 is 12.3. The summed E-state index contributed by atoms with van der Waals surface area (Å²) in [6, 6.07) is 0. The van der Waals surface area contributed by atoms with E-state index in [1.165, 1.54) is 19.3 Å². The van der Waals surface area contributed by atoms with Crippen molar-refractivity contribution in [2.45, 2.75) is 94.9 Å². The van der Waals surface area contributed by atoms with Gasteiger partial charge in [-0.3, -0.25) is 0 Å². The number of hydrogen-bond acceptors (Lipinski definition) is 4. The molecule has 3 fully saturated rings. The minimum atomic E-state index is -0.907. The second-order valence-electron chi connectivity index (χ2n) is 6.73. The van der Waals surface area contributed by atoms with Crippen molar-refractivity contribution in [1.82, 2.24) is 0 Å². The van der Waals surface area contributed by atoms with Crippen LogP contribution < -0.4 is 0 Å². The van der Waals surface area contributed by atoms with Gasteiger partial charge in [0, 0.05) is 5.92 Å². The minimum Gasteiger partial charge on any atom is -0.393 e. The van der Waals surface area contributed by atoms with Crippen LogP contribution in [0.5, 0.6) is 0 Å². The molecule has 1 spiro atoms. The highest BCUT2D eigenvalue weighted by atomic mass is 16.8. The van der Waals surface area contributed by atoms with Crippen LogP contribution >= 0.6 is 0 Å². The Labute approximate surface area is 121 Å². The molecule has 1 unspecified atom stereocenters. The average molecular weight is 284 g/mol. The molecule has 4 heteroatoms. The highest BCUT2D eigenvalue weighted by Gasteiger charge is 2.62. The first-order valence-corrected chi connectivity index (χ1v) is 8.39. The van der Waals surface area contributed by atoms with Gasteiger partial charge >= 0.3 is 0 Å². The maximum absolute atomic E-state index is 10.4. The zero-order valence-electron chi connectivity index (χ0n) is 12.5. The molecule has 6 atom stereocenters. The Bertz CT molecular complexity index is 334. The SMILES string of the molecule is CCCCCC[C@@H]1O[C@]23OC1CC[C@@H]2[C@H](O)CC[C@@H]3O. The Balaban J connectivity index is 1.65. The molecule has 4 nitrogen and oxygen atoms in total. The first kappa shape index (κ1) is 14.8. The van der Waals surface area contributed by atoms with Gasteiger partial charge in [-0.15, -0.1) is 0 Å². The van der Waals surface area contributed by atoms with Crippen LogP contribution in [-0.2, 0) is 9.47 Å². The Morgan fingerprint density at radius 2 is 1.85 bits per heavy atom. The molecule has 0 amide bonds. The van der Waals surface area contributed by atoms with Gasteiger partial charge < -0.3 is 19.7 Å². The predicted octanol–water partition coefficient (Wildman–Crippen LogP) is 2.36. The van der Waals surface area contributed by atoms with Crippen LogP contribution in [0, 0.1) is 5.92 Å². The van der Waals surface area contributed by atoms with Gasteiger partial charge in [0.2, 0.25) is 5.79 Å². The van der Waals surface area contributed by atoms with Crippen LogP contribution in [0.25, 0.3) is 0 Å². The smallest absolute Gasteiger partial charge is 0.200 e. The molecule has 2 bridgehead atoms. The number of hydrogen-bond donors (Lipinski definition) is 2. The van der Waals surface area contributed by atoms with Crippen molar-refractivity contribution in [3.8, 4) is 0 Å². The van der Waals surface area contributed by atoms with E-state index in [1.54, 1.807) is 0 Å². The van der Waals surface area contributed by atoms with Crippen LogP contribution in [0.15, 0.2) is 0 Å². The normalized spacial score (nSPS) is 47.2. The summed E-state index contributed by atoms with van der Waals surface area (Å²) in [6.07, 6.45) is 8.28. The molecule has 0 aromatic rings. The molecular formula is C16H28O4. The van der Waals surface area contributed by atoms with Gasteiger partial charge in [-0.25, -0.2) is 0 Å². The quantitative estimate of drug-likeness (QED) is 0.761. The summed E-state index contributed by atoms with van der Waals surface area (Å²) in [5.74, 6) is -0.959. The molecule has 0 aromatic heterocycles. The van der Waals surface area contributed by atoms with E-state index in [-0.39, 0.29) is 18.1 Å². The van der Waals surface area contributed by atoms with E-state index in [9.17, 15) is 10.2 Å². The highest BCUT2D eigenvalue weighted by Crippen LogP contribution is 2.51. The zero-order chi connectivity index (χ0) is 14.2. The Hall–Kier alpha value is -0.160. The van der Waals surface area contributed by atoms with E-state index in [0.29, 0.717) is 12.8 Å². The highest BCUT2D eigenvalue weighted by molar-refractivity contribution is 5.04. The lowest BCUT2D eigenvalue weighted by molar-refractivity contribution is -0.307. The van der Waals surface area contributed by atoms with Crippen LogP contribution in [-0.4, -0.2) is 40.4 Å². The van der Waals surface area contributed by atoms with Crippen LogP contribution in [0.3, 0.4) is 0 Å². The minimum absolute atomic E-state index is 0.0526. The van der Waals surface area contributed by atoms with E-state index < -0.39 is 18.0 Å². The van der Waals surface area contributed by atoms with Crippen molar-refractivity contribution >= 4 is 0 Å². The molecule has 116 valence electrons. The van der Waals surface area contributed by atoms with Crippen molar-refractivity contribution < 1.29 is 19.7 Å². The molecule has 0 radical (unpaired) electrons. The molecule has 1 saturated carbocycles. The fraction of sp³-hybridized carbons (Fsp3) is 1.00. The average Bonchev–Trinajstić information content (AvgIpc) is 2.73. The molecule has 20 heavy (non-hydrogen) atoms. The van der Waals surface area contributed by atoms with Crippen molar-refractivity contribution in [2.24, 2.45) is 5.92 Å². The monoisotopic (exact) mass is 284 g/mol. The van der Waals surface area contributed by atoms with Crippen LogP contribution in [0.2, 0.25) is 0 Å². The lowest BCUT2D eigenvalue weighted by Gasteiger charge is -2.47. The number of aliphatic hydroxyl groups excluding tert-OH is 2. The van der Waals surface area contributed by atoms with Crippen LogP contribution in [0.4, 0.5) is 0 Å². The Kier molecular flexibility index (Phi) is 4.37. The predicted molar refractivity (Wildman–Crippen MR) is 75.2 cm³/mol. The molecular weight excluding hydrogens is 256 g/mol. The van der Waals surface area contributed by atoms with Crippen molar-refractivity contribution in [2.75, 3.05) is 0 Å². The summed E-state index contributed by atoms with van der Waals surface area (Å²) in [4.78, 5) is 0. The first-order valence-electron chi connectivity index (χ1n) is 8.39. The number of aliphatic hydroxyl groups is 2. The third kappa shape index (κ3) is 2.41. The largest absolute Gasteiger partial charge is 0.393 e. The Morgan fingerprint density at radius 3 is 2.65 bits per heavy atom. The Morgan fingerprint density at radius 1 is 1.00 bits per heavy atom. The molecule has 3 rings (SSSR count). The molecule has 2 aliphatic heterocycles. The van der Waals surface area contributed by atoms with Gasteiger partial charge in [0.15, 0.2) is 0 Å². The molecule has 1 aliphatic carbocycles. The fourth-order valence-corrected chi connectivity index (χ4v) is 4.23. The molecule has 2 heterocycles. The maximum Gasteiger partial charge on any atom is 0.200 e. The molecule has 2 N–H and O–H groups in total. The summed E-state index contributed by atoms with van der Waals surface area (Å²) >= 11 is 0. The number of fused-ring (bicyclic) bond motifs is 1. The van der Waals surface area contributed by atoms with E-state index in [4.69, 9.17) is 9.47 Å². The lowest BCUT2D eigenvalue weighted by atomic mass is 9.75. The molecule has 3 aliphatic rings. The summed E-state index contributed by atoms with van der Waals surface area (Å²) in [7, 11) is 0. The van der Waals surface area contributed by atoms with E-state index >= 15 is 0 Å². The van der Waals surface area contributed by atoms with Crippen molar-refractivity contribution in [3.05, 3.63) is 0 Å². The summed E-state index contributed by atoms with van der Waals surface area (Å²) in [6.45, 7) is 2.21. The van der Waals surface area contributed by atoms with Gasteiger partial charge in [0.1, 0.15) is 6.10 Å². The van der Waals surface area contributed by atoms with Crippen molar-refractivity contribution in [3.63, 3.8) is 0 Å². The molecule has 2 saturated heterocycles. The topological polar surface area (TPSA) is 58.9 Å². The van der Waals surface area contributed by atoms with Crippen molar-refractivity contribution in [1.29, 1.82) is 0 Å². The fourth-order valence-electron chi connectivity index (χ4n) is 4.23. The second kappa shape index (κ2) is 5.91. The zero-order valence-corrected chi connectivity index (χ0v) is 12.5. The van der Waals surface area contributed by atoms with Gasteiger partial charge in [-0.1, -0.05) is 32.6 Å². The number of ether oxygens (including phenoxy) is 2.